The Hall–Kier alpha value is -0.910. The van der Waals surface area contributed by atoms with E-state index < -0.39 is 0 Å². The molecule has 0 saturated carbocycles. The average Bonchev–Trinajstić information content (AvgIpc) is 2.91. The molecule has 0 saturated heterocycles. The number of nitrogens with one attached hydrogen (secondary N) is 1. The van der Waals surface area contributed by atoms with Gasteiger partial charge in [0.05, 0.1) is 6.04 Å². The minimum Gasteiger partial charge on any atom is -0.354 e. The van der Waals surface area contributed by atoms with E-state index in [9.17, 15) is 4.79 Å². The molecule has 120 valence electrons. The van der Waals surface area contributed by atoms with Crippen LogP contribution in [0.3, 0.4) is 0 Å². The second-order valence-corrected chi connectivity index (χ2v) is 7.21. The van der Waals surface area contributed by atoms with Crippen molar-refractivity contribution in [1.29, 1.82) is 0 Å². The van der Waals surface area contributed by atoms with E-state index in [-0.39, 0.29) is 17.9 Å². The SMILES string of the molecule is CC(C)CC(CN)CC(=O)NCC(c1cccs1)N(C)C. The van der Waals surface area contributed by atoms with Crippen LogP contribution in [0.1, 0.15) is 37.6 Å². The molecule has 1 heterocycles. The summed E-state index contributed by atoms with van der Waals surface area (Å²) in [5.74, 6) is 0.964. The zero-order chi connectivity index (χ0) is 15.8. The summed E-state index contributed by atoms with van der Waals surface area (Å²) < 4.78 is 0. The Morgan fingerprint density at radius 2 is 2.14 bits per heavy atom. The highest BCUT2D eigenvalue weighted by Gasteiger charge is 2.18. The van der Waals surface area contributed by atoms with Crippen molar-refractivity contribution >= 4 is 17.2 Å². The molecule has 21 heavy (non-hydrogen) atoms. The Bertz CT molecular complexity index is 404. The fourth-order valence-corrected chi connectivity index (χ4v) is 3.42. The third-order valence-corrected chi connectivity index (χ3v) is 4.57. The summed E-state index contributed by atoms with van der Waals surface area (Å²) >= 11 is 1.72. The second-order valence-electron chi connectivity index (χ2n) is 6.23. The molecule has 0 aliphatic heterocycles. The number of thiophene rings is 1. The highest BCUT2D eigenvalue weighted by molar-refractivity contribution is 7.10. The van der Waals surface area contributed by atoms with E-state index in [0.717, 1.165) is 6.42 Å². The summed E-state index contributed by atoms with van der Waals surface area (Å²) in [6.07, 6.45) is 1.53. The Kier molecular flexibility index (Phi) is 7.93. The molecule has 1 rings (SSSR count). The van der Waals surface area contributed by atoms with E-state index in [1.165, 1.54) is 4.88 Å². The molecule has 0 spiro atoms. The number of carbonyl (C=O) groups excluding carboxylic acids is 1. The van der Waals surface area contributed by atoms with Crippen molar-refractivity contribution < 1.29 is 4.79 Å². The van der Waals surface area contributed by atoms with Crippen LogP contribution in [0.4, 0.5) is 0 Å². The van der Waals surface area contributed by atoms with Crippen molar-refractivity contribution in [1.82, 2.24) is 10.2 Å². The molecule has 5 heteroatoms. The van der Waals surface area contributed by atoms with Gasteiger partial charge in [-0.2, -0.15) is 0 Å². The van der Waals surface area contributed by atoms with Crippen LogP contribution >= 0.6 is 11.3 Å². The summed E-state index contributed by atoms with van der Waals surface area (Å²) in [6.45, 7) is 5.55. The van der Waals surface area contributed by atoms with Gasteiger partial charge >= 0.3 is 0 Å². The van der Waals surface area contributed by atoms with Crippen LogP contribution in [0.5, 0.6) is 0 Å². The molecule has 3 N–H and O–H groups in total. The first-order valence-corrected chi connectivity index (χ1v) is 8.48. The molecule has 1 amide bonds. The van der Waals surface area contributed by atoms with Gasteiger partial charge in [0.15, 0.2) is 0 Å². The molecule has 0 fully saturated rings. The average molecular weight is 311 g/mol. The van der Waals surface area contributed by atoms with Crippen LogP contribution in [0.2, 0.25) is 0 Å². The van der Waals surface area contributed by atoms with Crippen LogP contribution in [-0.4, -0.2) is 38.0 Å². The van der Waals surface area contributed by atoms with E-state index in [0.29, 0.717) is 25.4 Å². The van der Waals surface area contributed by atoms with E-state index >= 15 is 0 Å². The van der Waals surface area contributed by atoms with Gasteiger partial charge in [-0.3, -0.25) is 4.79 Å². The standard InChI is InChI=1S/C16H29N3OS/c1-12(2)8-13(10-17)9-16(20)18-11-14(19(3)4)15-6-5-7-21-15/h5-7,12-14H,8-11,17H2,1-4H3,(H,18,20). The molecule has 1 aromatic rings. The minimum atomic E-state index is 0.106. The molecule has 2 atom stereocenters. The van der Waals surface area contributed by atoms with Gasteiger partial charge in [-0.25, -0.2) is 0 Å². The summed E-state index contributed by atoms with van der Waals surface area (Å²) in [4.78, 5) is 15.5. The van der Waals surface area contributed by atoms with Crippen LogP contribution in [0, 0.1) is 11.8 Å². The zero-order valence-electron chi connectivity index (χ0n) is 13.6. The molecule has 0 bridgehead atoms. The van der Waals surface area contributed by atoms with Crippen LogP contribution in [0.15, 0.2) is 17.5 Å². The van der Waals surface area contributed by atoms with Gasteiger partial charge in [-0.05, 0) is 50.3 Å². The van der Waals surface area contributed by atoms with Crippen molar-refractivity contribution in [3.63, 3.8) is 0 Å². The van der Waals surface area contributed by atoms with E-state index in [1.807, 2.05) is 20.2 Å². The molecule has 0 aromatic carbocycles. The molecule has 2 unspecified atom stereocenters. The lowest BCUT2D eigenvalue weighted by Gasteiger charge is -2.24. The van der Waals surface area contributed by atoms with Crippen molar-refractivity contribution in [3.05, 3.63) is 22.4 Å². The fourth-order valence-electron chi connectivity index (χ4n) is 2.49. The summed E-state index contributed by atoms with van der Waals surface area (Å²) in [7, 11) is 4.08. The van der Waals surface area contributed by atoms with E-state index in [1.54, 1.807) is 11.3 Å². The van der Waals surface area contributed by atoms with Gasteiger partial charge in [0.1, 0.15) is 0 Å². The van der Waals surface area contributed by atoms with Crippen molar-refractivity contribution in [2.75, 3.05) is 27.2 Å². The highest BCUT2D eigenvalue weighted by atomic mass is 32.1. The third kappa shape index (κ3) is 6.59. The molecular weight excluding hydrogens is 282 g/mol. The normalized spacial score (nSPS) is 14.4. The highest BCUT2D eigenvalue weighted by Crippen LogP contribution is 2.22. The van der Waals surface area contributed by atoms with Gasteiger partial charge < -0.3 is 16.0 Å². The molecule has 4 nitrogen and oxygen atoms in total. The predicted molar refractivity (Wildman–Crippen MR) is 90.4 cm³/mol. The van der Waals surface area contributed by atoms with Crippen LogP contribution in [-0.2, 0) is 4.79 Å². The van der Waals surface area contributed by atoms with Crippen LogP contribution < -0.4 is 11.1 Å². The van der Waals surface area contributed by atoms with E-state index in [2.05, 4.69) is 35.5 Å². The second kappa shape index (κ2) is 9.18. The largest absolute Gasteiger partial charge is 0.354 e. The van der Waals surface area contributed by atoms with Gasteiger partial charge in [0, 0.05) is 17.8 Å². The zero-order valence-corrected chi connectivity index (χ0v) is 14.5. The fraction of sp³-hybridized carbons (Fsp3) is 0.688. The first-order valence-electron chi connectivity index (χ1n) is 7.60. The lowest BCUT2D eigenvalue weighted by atomic mass is 9.94. The number of amides is 1. The Morgan fingerprint density at radius 3 is 2.62 bits per heavy atom. The first kappa shape index (κ1) is 18.1. The monoisotopic (exact) mass is 311 g/mol. The maximum Gasteiger partial charge on any atom is 0.220 e. The molecule has 0 radical (unpaired) electrons. The number of hydrogen-bond acceptors (Lipinski definition) is 4. The third-order valence-electron chi connectivity index (χ3n) is 3.60. The van der Waals surface area contributed by atoms with Crippen LogP contribution in [0.25, 0.3) is 0 Å². The predicted octanol–water partition coefficient (Wildman–Crippen LogP) is 2.48. The Balaban J connectivity index is 2.46. The number of carbonyl (C=O) groups is 1. The number of nitrogens with zero attached hydrogens (tertiary/aromatic N) is 1. The minimum absolute atomic E-state index is 0.106. The summed E-state index contributed by atoms with van der Waals surface area (Å²) in [5.41, 5.74) is 5.76. The number of nitrogens with two attached hydrogens (primary N) is 1. The van der Waals surface area contributed by atoms with E-state index in [4.69, 9.17) is 5.73 Å². The molecule has 0 aliphatic rings. The Morgan fingerprint density at radius 1 is 1.43 bits per heavy atom. The van der Waals surface area contributed by atoms with Gasteiger partial charge in [-0.1, -0.05) is 19.9 Å². The molecular formula is C16H29N3OS. The Labute approximate surface area is 132 Å². The quantitative estimate of drug-likeness (QED) is 0.736. The number of rotatable bonds is 9. The summed E-state index contributed by atoms with van der Waals surface area (Å²) in [5, 5.41) is 5.13. The number of hydrogen-bond donors (Lipinski definition) is 2. The maximum atomic E-state index is 12.1. The van der Waals surface area contributed by atoms with Gasteiger partial charge in [0.2, 0.25) is 5.91 Å². The lowest BCUT2D eigenvalue weighted by molar-refractivity contribution is -0.122. The molecule has 0 aliphatic carbocycles. The van der Waals surface area contributed by atoms with Crippen molar-refractivity contribution in [2.45, 2.75) is 32.7 Å². The van der Waals surface area contributed by atoms with Crippen molar-refractivity contribution in [2.24, 2.45) is 17.6 Å². The number of likely N-dealkylation sites (N-methyl/N-ethyl adjacent to an activating group) is 1. The topological polar surface area (TPSA) is 58.4 Å². The lowest BCUT2D eigenvalue weighted by Crippen LogP contribution is -2.35. The van der Waals surface area contributed by atoms with Gasteiger partial charge in [0.25, 0.3) is 0 Å². The van der Waals surface area contributed by atoms with Crippen molar-refractivity contribution in [3.8, 4) is 0 Å². The van der Waals surface area contributed by atoms with Gasteiger partial charge in [-0.15, -0.1) is 11.3 Å². The molecule has 1 aromatic heterocycles. The maximum absolute atomic E-state index is 12.1. The summed E-state index contributed by atoms with van der Waals surface area (Å²) in [6, 6.07) is 4.39. The smallest absolute Gasteiger partial charge is 0.220 e. The first-order chi connectivity index (χ1) is 9.93.